The molecule has 1 unspecified atom stereocenters. The van der Waals surface area contributed by atoms with Gasteiger partial charge in [-0.15, -0.1) is 0 Å². The van der Waals surface area contributed by atoms with Crippen LogP contribution in [-0.2, 0) is 0 Å². The first-order valence-electron chi connectivity index (χ1n) is 8.36. The lowest BCUT2D eigenvalue weighted by Crippen LogP contribution is -2.03. The van der Waals surface area contributed by atoms with Crippen LogP contribution in [0.4, 0.5) is 0 Å². The van der Waals surface area contributed by atoms with Crippen LogP contribution in [-0.4, -0.2) is 13.9 Å². The summed E-state index contributed by atoms with van der Waals surface area (Å²) in [6.07, 6.45) is 2.16. The molecule has 2 heterocycles. The third-order valence-corrected chi connectivity index (χ3v) is 6.67. The van der Waals surface area contributed by atoms with Crippen molar-refractivity contribution in [1.29, 1.82) is 0 Å². The van der Waals surface area contributed by atoms with Gasteiger partial charge >= 0.3 is 0 Å². The Balaban J connectivity index is 1.91. The molecule has 0 spiro atoms. The van der Waals surface area contributed by atoms with E-state index in [4.69, 9.17) is 4.98 Å². The minimum Gasteiger partial charge on any atom is -0.341 e. The van der Waals surface area contributed by atoms with Gasteiger partial charge in [0.15, 0.2) is 0 Å². The van der Waals surface area contributed by atoms with Gasteiger partial charge in [-0.1, -0.05) is 19.1 Å². The second-order valence-corrected chi connectivity index (χ2v) is 8.47. The summed E-state index contributed by atoms with van der Waals surface area (Å²) in [7, 11) is 1.71. The number of fused-ring (bicyclic) bond motifs is 2. The zero-order chi connectivity index (χ0) is 17.7. The largest absolute Gasteiger partial charge is 0.341 e. The first-order valence-corrected chi connectivity index (χ1v) is 11.7. The Morgan fingerprint density at radius 2 is 1.92 bits per heavy atom. The van der Waals surface area contributed by atoms with Gasteiger partial charge in [-0.05, 0) is 61.2 Å². The maximum absolute atomic E-state index is 4.86. The molecule has 0 amide bonds. The minimum atomic E-state index is 0.214. The second kappa shape index (κ2) is 6.36. The van der Waals surface area contributed by atoms with Crippen molar-refractivity contribution in [2.75, 3.05) is 0 Å². The summed E-state index contributed by atoms with van der Waals surface area (Å²) in [6.45, 7) is 8.76. The summed E-state index contributed by atoms with van der Waals surface area (Å²) in [4.78, 5) is 8.40. The molecule has 0 aliphatic heterocycles. The van der Waals surface area contributed by atoms with Crippen LogP contribution in [0.1, 0.15) is 40.9 Å². The SMILES string of the molecule is Cc1ccc2nc(C(C)c3c(C)cc(C)c4c3ccn4SI)[nH]c2c1. The van der Waals surface area contributed by atoms with Gasteiger partial charge < -0.3 is 4.98 Å². The molecule has 0 saturated heterocycles. The Morgan fingerprint density at radius 1 is 1.12 bits per heavy atom. The molecule has 0 fully saturated rings. The fourth-order valence-electron chi connectivity index (χ4n) is 3.82. The number of aromatic amines is 1. The van der Waals surface area contributed by atoms with Crippen molar-refractivity contribution in [1.82, 2.24) is 13.9 Å². The molecule has 128 valence electrons. The Hall–Kier alpha value is -1.47. The van der Waals surface area contributed by atoms with Crippen molar-refractivity contribution >= 4 is 52.3 Å². The van der Waals surface area contributed by atoms with Crippen molar-refractivity contribution < 1.29 is 0 Å². The third-order valence-electron chi connectivity index (χ3n) is 4.95. The fraction of sp³-hybridized carbons (Fsp3) is 0.250. The molecular weight excluding hydrogens is 441 g/mol. The highest BCUT2D eigenvalue weighted by Gasteiger charge is 2.20. The quantitative estimate of drug-likeness (QED) is 0.356. The molecule has 4 aromatic rings. The lowest BCUT2D eigenvalue weighted by molar-refractivity contribution is 0.845. The molecule has 0 saturated carbocycles. The van der Waals surface area contributed by atoms with E-state index >= 15 is 0 Å². The lowest BCUT2D eigenvalue weighted by Gasteiger charge is -2.16. The highest BCUT2D eigenvalue weighted by Crippen LogP contribution is 2.37. The van der Waals surface area contributed by atoms with E-state index in [2.05, 4.69) is 94.4 Å². The van der Waals surface area contributed by atoms with E-state index in [1.54, 1.807) is 9.12 Å². The number of imidazole rings is 1. The molecule has 2 aromatic carbocycles. The third kappa shape index (κ3) is 2.77. The van der Waals surface area contributed by atoms with Gasteiger partial charge in [0, 0.05) is 47.8 Å². The van der Waals surface area contributed by atoms with E-state index < -0.39 is 0 Å². The Labute approximate surface area is 163 Å². The van der Waals surface area contributed by atoms with Gasteiger partial charge in [0.2, 0.25) is 0 Å². The van der Waals surface area contributed by atoms with Crippen molar-refractivity contribution in [3.63, 3.8) is 0 Å². The summed E-state index contributed by atoms with van der Waals surface area (Å²) in [5.74, 6) is 1.24. The van der Waals surface area contributed by atoms with Crippen molar-refractivity contribution in [2.45, 2.75) is 33.6 Å². The van der Waals surface area contributed by atoms with Crippen LogP contribution in [0.15, 0.2) is 36.5 Å². The van der Waals surface area contributed by atoms with Crippen molar-refractivity contribution in [2.24, 2.45) is 0 Å². The fourth-order valence-corrected chi connectivity index (χ4v) is 5.22. The van der Waals surface area contributed by atoms with Crippen LogP contribution in [0.5, 0.6) is 0 Å². The number of rotatable bonds is 3. The summed E-state index contributed by atoms with van der Waals surface area (Å²) >= 11 is 2.34. The normalized spacial score (nSPS) is 13.0. The van der Waals surface area contributed by atoms with Crippen LogP contribution in [0.2, 0.25) is 0 Å². The Kier molecular flexibility index (Phi) is 4.32. The molecular formula is C20H20IN3S. The predicted octanol–water partition coefficient (Wildman–Crippen LogP) is 6.44. The number of H-pyrrole nitrogens is 1. The van der Waals surface area contributed by atoms with Gasteiger partial charge in [-0.2, -0.15) is 0 Å². The van der Waals surface area contributed by atoms with Crippen LogP contribution < -0.4 is 0 Å². The van der Waals surface area contributed by atoms with E-state index in [1.807, 2.05) is 0 Å². The zero-order valence-electron chi connectivity index (χ0n) is 14.7. The number of halogens is 1. The maximum atomic E-state index is 4.86. The summed E-state index contributed by atoms with van der Waals surface area (Å²) in [5, 5.41) is 1.32. The predicted molar refractivity (Wildman–Crippen MR) is 117 cm³/mol. The number of nitrogens with one attached hydrogen (secondary N) is 1. The van der Waals surface area contributed by atoms with Crippen LogP contribution in [0.25, 0.3) is 21.9 Å². The molecule has 5 heteroatoms. The van der Waals surface area contributed by atoms with Gasteiger partial charge in [0.25, 0.3) is 0 Å². The smallest absolute Gasteiger partial charge is 0.114 e. The molecule has 0 bridgehead atoms. The standard InChI is InChI=1S/C20H20IN3S/c1-11-5-6-16-17(9-11)23-20(22-16)14(4)18-12(2)10-13(3)19-15(18)7-8-24(19)25-21/h5-10,14H,1-4H3,(H,22,23). The highest BCUT2D eigenvalue weighted by atomic mass is 127. The van der Waals surface area contributed by atoms with Crippen molar-refractivity contribution in [3.8, 4) is 0 Å². The highest BCUT2D eigenvalue weighted by molar-refractivity contribution is 14.2. The Bertz CT molecular complexity index is 1090. The summed E-state index contributed by atoms with van der Waals surface area (Å²) in [5.41, 5.74) is 8.71. The molecule has 3 nitrogen and oxygen atoms in total. The number of aryl methyl sites for hydroxylation is 3. The number of hydrogen-bond donors (Lipinski definition) is 1. The van der Waals surface area contributed by atoms with Gasteiger partial charge in [0.05, 0.1) is 16.6 Å². The molecule has 0 radical (unpaired) electrons. The Morgan fingerprint density at radius 3 is 2.68 bits per heavy atom. The number of aromatic nitrogens is 3. The van der Waals surface area contributed by atoms with E-state index in [-0.39, 0.29) is 5.92 Å². The molecule has 2 aromatic heterocycles. The van der Waals surface area contributed by atoms with Crippen LogP contribution in [0, 0.1) is 20.8 Å². The average Bonchev–Trinajstić information content (AvgIpc) is 3.18. The minimum absolute atomic E-state index is 0.214. The van der Waals surface area contributed by atoms with Gasteiger partial charge in [-0.3, -0.25) is 3.97 Å². The maximum Gasteiger partial charge on any atom is 0.114 e. The molecule has 1 atom stereocenters. The lowest BCUT2D eigenvalue weighted by atomic mass is 9.91. The monoisotopic (exact) mass is 461 g/mol. The number of hydrogen-bond acceptors (Lipinski definition) is 2. The van der Waals surface area contributed by atoms with Crippen LogP contribution >= 0.6 is 30.3 Å². The number of nitrogens with zero attached hydrogens (tertiary/aromatic N) is 2. The summed E-state index contributed by atoms with van der Waals surface area (Å²) < 4.78 is 2.24. The first-order chi connectivity index (χ1) is 12.0. The molecule has 4 rings (SSSR count). The topological polar surface area (TPSA) is 33.6 Å². The molecule has 1 N–H and O–H groups in total. The first kappa shape index (κ1) is 17.0. The zero-order valence-corrected chi connectivity index (χ0v) is 17.7. The van der Waals surface area contributed by atoms with Gasteiger partial charge in [-0.25, -0.2) is 4.98 Å². The second-order valence-electron chi connectivity index (χ2n) is 6.76. The molecule has 0 aliphatic rings. The van der Waals surface area contributed by atoms with E-state index in [1.165, 1.54) is 33.2 Å². The van der Waals surface area contributed by atoms with E-state index in [9.17, 15) is 0 Å². The number of benzene rings is 2. The molecule has 25 heavy (non-hydrogen) atoms. The van der Waals surface area contributed by atoms with Crippen molar-refractivity contribution in [3.05, 3.63) is 64.6 Å². The molecule has 0 aliphatic carbocycles. The van der Waals surface area contributed by atoms with E-state index in [0.717, 1.165) is 16.9 Å². The average molecular weight is 461 g/mol. The van der Waals surface area contributed by atoms with E-state index in [0.29, 0.717) is 0 Å². The van der Waals surface area contributed by atoms with Gasteiger partial charge in [0.1, 0.15) is 5.82 Å². The summed E-state index contributed by atoms with van der Waals surface area (Å²) in [6, 6.07) is 10.9. The van der Waals surface area contributed by atoms with Crippen LogP contribution in [0.3, 0.4) is 0 Å².